The van der Waals surface area contributed by atoms with Crippen molar-refractivity contribution in [1.82, 2.24) is 0 Å². The van der Waals surface area contributed by atoms with Gasteiger partial charge in [0.2, 0.25) is 5.91 Å². The number of nitrogens with zero attached hydrogens (tertiary/aromatic N) is 2. The highest BCUT2D eigenvalue weighted by molar-refractivity contribution is 6.07. The molecule has 0 aliphatic carbocycles. The Morgan fingerprint density at radius 2 is 2.04 bits per heavy atom. The van der Waals surface area contributed by atoms with Gasteiger partial charge in [0, 0.05) is 12.6 Å². The molecule has 0 bridgehead atoms. The van der Waals surface area contributed by atoms with Gasteiger partial charge in [0.05, 0.1) is 11.4 Å². The molecular formula is C20H18F2N2O3. The Labute approximate surface area is 155 Å². The molecule has 27 heavy (non-hydrogen) atoms. The van der Waals surface area contributed by atoms with Crippen LogP contribution in [0.5, 0.6) is 5.75 Å². The van der Waals surface area contributed by atoms with Crippen LogP contribution in [0.25, 0.3) is 0 Å². The molecule has 0 spiro atoms. The lowest BCUT2D eigenvalue weighted by atomic mass is 10.0. The first kappa shape index (κ1) is 17.5. The van der Waals surface area contributed by atoms with Gasteiger partial charge in [-0.15, -0.1) is 0 Å². The van der Waals surface area contributed by atoms with E-state index in [1.165, 1.54) is 15.9 Å². The van der Waals surface area contributed by atoms with Crippen LogP contribution >= 0.6 is 0 Å². The maximum Gasteiger partial charge on any atom is 0.268 e. The average molecular weight is 372 g/mol. The van der Waals surface area contributed by atoms with Gasteiger partial charge >= 0.3 is 0 Å². The van der Waals surface area contributed by atoms with E-state index in [4.69, 9.17) is 4.74 Å². The molecule has 0 radical (unpaired) electrons. The highest BCUT2D eigenvalue weighted by atomic mass is 19.1. The number of aryl methyl sites for hydroxylation is 1. The fourth-order valence-electron chi connectivity index (χ4n) is 3.64. The lowest BCUT2D eigenvalue weighted by molar-refractivity contribution is -0.127. The number of ether oxygens (including phenoxy) is 1. The van der Waals surface area contributed by atoms with E-state index in [0.29, 0.717) is 36.4 Å². The second-order valence-corrected chi connectivity index (χ2v) is 6.70. The highest BCUT2D eigenvalue weighted by Crippen LogP contribution is 2.35. The van der Waals surface area contributed by atoms with E-state index < -0.39 is 23.6 Å². The van der Waals surface area contributed by atoms with Crippen LogP contribution in [-0.2, 0) is 16.0 Å². The Hall–Kier alpha value is -2.96. The fraction of sp³-hybridized carbons (Fsp3) is 0.300. The maximum absolute atomic E-state index is 14.4. The molecule has 0 fully saturated rings. The van der Waals surface area contributed by atoms with Gasteiger partial charge in [-0.05, 0) is 43.5 Å². The van der Waals surface area contributed by atoms with Crippen LogP contribution in [0.3, 0.4) is 0 Å². The zero-order valence-corrected chi connectivity index (χ0v) is 14.7. The van der Waals surface area contributed by atoms with E-state index in [1.54, 1.807) is 31.2 Å². The number of hydrogen-bond acceptors (Lipinski definition) is 3. The Morgan fingerprint density at radius 3 is 2.85 bits per heavy atom. The monoisotopic (exact) mass is 372 g/mol. The molecule has 0 N–H and O–H groups in total. The number of carbonyl (C=O) groups excluding carboxylic acids is 2. The van der Waals surface area contributed by atoms with Crippen molar-refractivity contribution in [2.24, 2.45) is 0 Å². The molecule has 5 nitrogen and oxygen atoms in total. The summed E-state index contributed by atoms with van der Waals surface area (Å²) in [5, 5.41) is 0. The molecule has 2 amide bonds. The van der Waals surface area contributed by atoms with Gasteiger partial charge in [0.25, 0.3) is 5.91 Å². The summed E-state index contributed by atoms with van der Waals surface area (Å²) < 4.78 is 33.4. The summed E-state index contributed by atoms with van der Waals surface area (Å²) in [6, 6.07) is 9.01. The Kier molecular flexibility index (Phi) is 4.30. The molecule has 140 valence electrons. The fourth-order valence-corrected chi connectivity index (χ4v) is 3.64. The molecule has 2 aliphatic rings. The van der Waals surface area contributed by atoms with Gasteiger partial charge in [-0.3, -0.25) is 14.5 Å². The highest BCUT2D eigenvalue weighted by Gasteiger charge is 2.35. The van der Waals surface area contributed by atoms with Gasteiger partial charge in [-0.2, -0.15) is 0 Å². The zero-order chi connectivity index (χ0) is 19.1. The van der Waals surface area contributed by atoms with Crippen LogP contribution in [-0.4, -0.2) is 31.0 Å². The first-order valence-electron chi connectivity index (χ1n) is 8.81. The summed E-state index contributed by atoms with van der Waals surface area (Å²) in [4.78, 5) is 28.2. The second-order valence-electron chi connectivity index (χ2n) is 6.70. The van der Waals surface area contributed by atoms with Crippen molar-refractivity contribution in [1.29, 1.82) is 0 Å². The SMILES string of the molecule is C[C@H]1Oc2ccccc2N(CC(=O)N2CCCc3cc(F)cc(F)c32)C1=O. The lowest BCUT2D eigenvalue weighted by Gasteiger charge is -2.35. The van der Waals surface area contributed by atoms with Gasteiger partial charge in [-0.1, -0.05) is 12.1 Å². The molecule has 0 saturated heterocycles. The Balaban J connectivity index is 1.65. The van der Waals surface area contributed by atoms with Gasteiger partial charge in [0.15, 0.2) is 6.10 Å². The summed E-state index contributed by atoms with van der Waals surface area (Å²) in [6.07, 6.45) is 0.391. The number of para-hydroxylation sites is 2. The van der Waals surface area contributed by atoms with Crippen molar-refractivity contribution in [3.63, 3.8) is 0 Å². The third kappa shape index (κ3) is 3.03. The van der Waals surface area contributed by atoms with E-state index in [0.717, 1.165) is 6.07 Å². The number of fused-ring (bicyclic) bond motifs is 2. The number of amides is 2. The van der Waals surface area contributed by atoms with Crippen molar-refractivity contribution < 1.29 is 23.1 Å². The van der Waals surface area contributed by atoms with Gasteiger partial charge in [0.1, 0.15) is 23.9 Å². The van der Waals surface area contributed by atoms with Crippen LogP contribution in [0.15, 0.2) is 36.4 Å². The summed E-state index contributed by atoms with van der Waals surface area (Å²) >= 11 is 0. The van der Waals surface area contributed by atoms with Crippen molar-refractivity contribution in [2.75, 3.05) is 22.9 Å². The molecule has 0 aromatic heterocycles. The first-order chi connectivity index (χ1) is 13.0. The number of carbonyl (C=O) groups is 2. The Morgan fingerprint density at radius 1 is 1.26 bits per heavy atom. The molecule has 2 aromatic rings. The van der Waals surface area contributed by atoms with Crippen LogP contribution < -0.4 is 14.5 Å². The van der Waals surface area contributed by atoms with Crippen LogP contribution in [0, 0.1) is 11.6 Å². The average Bonchev–Trinajstić information content (AvgIpc) is 2.64. The van der Waals surface area contributed by atoms with E-state index >= 15 is 0 Å². The topological polar surface area (TPSA) is 49.9 Å². The van der Waals surface area contributed by atoms with Crippen molar-refractivity contribution in [3.05, 3.63) is 53.6 Å². The van der Waals surface area contributed by atoms with Gasteiger partial charge in [-0.25, -0.2) is 8.78 Å². The summed E-state index contributed by atoms with van der Waals surface area (Å²) in [5.41, 5.74) is 1.08. The third-order valence-corrected chi connectivity index (χ3v) is 4.87. The van der Waals surface area contributed by atoms with E-state index in [1.807, 2.05) is 0 Å². The molecule has 7 heteroatoms. The molecule has 0 unspecified atom stereocenters. The third-order valence-electron chi connectivity index (χ3n) is 4.87. The molecule has 4 rings (SSSR count). The normalized spacial score (nSPS) is 18.6. The first-order valence-corrected chi connectivity index (χ1v) is 8.81. The number of halogens is 2. The van der Waals surface area contributed by atoms with Crippen LogP contribution in [0.4, 0.5) is 20.2 Å². The van der Waals surface area contributed by atoms with Crippen molar-refractivity contribution >= 4 is 23.2 Å². The molecule has 0 saturated carbocycles. The minimum absolute atomic E-state index is 0.106. The van der Waals surface area contributed by atoms with Crippen molar-refractivity contribution in [3.8, 4) is 5.75 Å². The minimum atomic E-state index is -0.764. The van der Waals surface area contributed by atoms with Crippen LogP contribution in [0.2, 0.25) is 0 Å². The summed E-state index contributed by atoms with van der Waals surface area (Å²) in [6.45, 7) is 1.71. The van der Waals surface area contributed by atoms with Crippen LogP contribution in [0.1, 0.15) is 18.9 Å². The largest absolute Gasteiger partial charge is 0.479 e. The minimum Gasteiger partial charge on any atom is -0.479 e. The number of anilines is 2. The lowest BCUT2D eigenvalue weighted by Crippen LogP contribution is -2.50. The van der Waals surface area contributed by atoms with E-state index in [-0.39, 0.29) is 18.1 Å². The number of benzene rings is 2. The number of rotatable bonds is 2. The molecule has 1 atom stereocenters. The van der Waals surface area contributed by atoms with Gasteiger partial charge < -0.3 is 9.64 Å². The predicted molar refractivity (Wildman–Crippen MR) is 95.9 cm³/mol. The second kappa shape index (κ2) is 6.64. The van der Waals surface area contributed by atoms with Crippen molar-refractivity contribution in [2.45, 2.75) is 25.9 Å². The zero-order valence-electron chi connectivity index (χ0n) is 14.7. The molecule has 2 heterocycles. The predicted octanol–water partition coefficient (Wildman–Crippen LogP) is 3.06. The summed E-state index contributed by atoms with van der Waals surface area (Å²) in [7, 11) is 0. The molecule has 2 aromatic carbocycles. The number of hydrogen-bond donors (Lipinski definition) is 0. The Bertz CT molecular complexity index is 931. The quantitative estimate of drug-likeness (QED) is 0.814. The molecule has 2 aliphatic heterocycles. The smallest absolute Gasteiger partial charge is 0.268 e. The molecular weight excluding hydrogens is 354 g/mol. The van der Waals surface area contributed by atoms with E-state index in [2.05, 4.69) is 0 Å². The standard InChI is InChI=1S/C20H18F2N2O3/c1-12-20(26)24(16-6-2-3-7-17(16)27-12)11-18(25)23-8-4-5-13-9-14(21)10-15(22)19(13)23/h2-3,6-7,9-10,12H,4-5,8,11H2,1H3/t12-/m1/s1. The van der Waals surface area contributed by atoms with E-state index in [9.17, 15) is 18.4 Å². The maximum atomic E-state index is 14.4. The summed E-state index contributed by atoms with van der Waals surface area (Å²) in [5.74, 6) is -1.66.